The number of hydrazone groups is 1. The Morgan fingerprint density at radius 1 is 0.683 bits per heavy atom. The van der Waals surface area contributed by atoms with Crippen LogP contribution < -0.4 is 18.6 Å². The minimum Gasteiger partial charge on any atom is -0.456 e. The van der Waals surface area contributed by atoms with Crippen molar-refractivity contribution in [2.45, 2.75) is 19.4 Å². The Kier molecular flexibility index (Phi) is 8.54. The SMILES string of the molecule is CC1=N[N+](=C2C=CC(=C3C=C(c4ccccc4)OC(c4ccccc4)=C3)C=C2)C(c2ccccc2)C1.[O-][Cl+3]([O-])([O-])[O-]. The van der Waals surface area contributed by atoms with Crippen molar-refractivity contribution in [1.82, 2.24) is 0 Å². The summed E-state index contributed by atoms with van der Waals surface area (Å²) < 4.78 is 42.5. The fourth-order valence-corrected chi connectivity index (χ4v) is 4.80. The molecule has 0 saturated heterocycles. The van der Waals surface area contributed by atoms with Gasteiger partial charge in [-0.3, -0.25) is 0 Å². The zero-order chi connectivity index (χ0) is 28.8. The normalized spacial score (nSPS) is 18.3. The maximum Gasteiger partial charge on any atom is 0.232 e. The predicted octanol–water partition coefficient (Wildman–Crippen LogP) is 2.74. The second-order valence-corrected chi connectivity index (χ2v) is 10.3. The molecule has 3 aromatic rings. The summed E-state index contributed by atoms with van der Waals surface area (Å²) in [4.78, 5) is 0. The van der Waals surface area contributed by atoms with Crippen LogP contribution in [0.5, 0.6) is 0 Å². The van der Waals surface area contributed by atoms with Crippen molar-refractivity contribution in [3.63, 3.8) is 0 Å². The molecule has 3 aliphatic rings. The molecule has 0 radical (unpaired) electrons. The fourth-order valence-electron chi connectivity index (χ4n) is 4.80. The molecule has 6 rings (SSSR count). The van der Waals surface area contributed by atoms with E-state index in [1.165, 1.54) is 5.56 Å². The molecular weight excluding hydrogens is 540 g/mol. The van der Waals surface area contributed by atoms with E-state index in [1.54, 1.807) is 0 Å². The summed E-state index contributed by atoms with van der Waals surface area (Å²) in [5, 5.41) is 4.86. The Morgan fingerprint density at radius 2 is 1.15 bits per heavy atom. The van der Waals surface area contributed by atoms with Crippen molar-refractivity contribution < 1.29 is 38.3 Å². The maximum absolute atomic E-state index is 8.49. The third kappa shape index (κ3) is 7.43. The third-order valence-electron chi connectivity index (χ3n) is 6.62. The Labute approximate surface area is 240 Å². The van der Waals surface area contributed by atoms with E-state index < -0.39 is 10.2 Å². The van der Waals surface area contributed by atoms with Gasteiger partial charge in [-0.1, -0.05) is 95.7 Å². The van der Waals surface area contributed by atoms with Crippen LogP contribution in [-0.2, 0) is 4.74 Å². The highest BCUT2D eigenvalue weighted by atomic mass is 35.7. The highest BCUT2D eigenvalue weighted by molar-refractivity contribution is 6.03. The predicted molar refractivity (Wildman–Crippen MR) is 147 cm³/mol. The maximum atomic E-state index is 8.49. The van der Waals surface area contributed by atoms with Crippen LogP contribution in [-0.4, -0.2) is 16.1 Å². The van der Waals surface area contributed by atoms with Crippen LogP contribution in [0.25, 0.3) is 11.5 Å². The first kappa shape index (κ1) is 28.2. The summed E-state index contributed by atoms with van der Waals surface area (Å²) >= 11 is 0. The zero-order valence-corrected chi connectivity index (χ0v) is 23.0. The van der Waals surface area contributed by atoms with Gasteiger partial charge in [0.1, 0.15) is 11.5 Å². The topological polar surface area (TPSA) is 117 Å². The number of halogens is 1. The van der Waals surface area contributed by atoms with Gasteiger partial charge < -0.3 is 4.74 Å². The number of hydrogen-bond donors (Lipinski definition) is 0. The summed E-state index contributed by atoms with van der Waals surface area (Å²) in [5.41, 5.74) is 7.90. The van der Waals surface area contributed by atoms with Gasteiger partial charge in [0.2, 0.25) is 11.8 Å². The van der Waals surface area contributed by atoms with E-state index in [0.717, 1.165) is 51.6 Å². The number of benzene rings is 3. The smallest absolute Gasteiger partial charge is 0.232 e. The Bertz CT molecular complexity index is 1530. The Balaban J connectivity index is 0.000000623. The molecule has 1 aliphatic carbocycles. The second-order valence-electron chi connectivity index (χ2n) is 9.54. The lowest BCUT2D eigenvalue weighted by atomic mass is 9.97. The summed E-state index contributed by atoms with van der Waals surface area (Å²) in [6.45, 7) is 2.11. The molecule has 2 aliphatic heterocycles. The average Bonchev–Trinajstić information content (AvgIpc) is 3.39. The molecule has 0 fully saturated rings. The van der Waals surface area contributed by atoms with E-state index in [4.69, 9.17) is 28.5 Å². The second kappa shape index (κ2) is 12.4. The number of hydrogen-bond acceptors (Lipinski definition) is 6. The first-order valence-electron chi connectivity index (χ1n) is 12.9. The molecule has 0 saturated carbocycles. The Hall–Kier alpha value is -4.37. The molecule has 3 aromatic carbocycles. The molecule has 7 nitrogen and oxygen atoms in total. The largest absolute Gasteiger partial charge is 0.456 e. The molecule has 0 amide bonds. The number of rotatable bonds is 3. The molecule has 0 bridgehead atoms. The van der Waals surface area contributed by atoms with E-state index in [1.807, 2.05) is 36.4 Å². The lowest BCUT2D eigenvalue weighted by Crippen LogP contribution is -2.68. The van der Waals surface area contributed by atoms with Crippen molar-refractivity contribution in [1.29, 1.82) is 0 Å². The van der Waals surface area contributed by atoms with Crippen molar-refractivity contribution >= 4 is 22.9 Å². The minimum atomic E-state index is -4.94. The van der Waals surface area contributed by atoms with Gasteiger partial charge in [-0.2, -0.15) is 0 Å². The van der Waals surface area contributed by atoms with Crippen LogP contribution in [0.2, 0.25) is 0 Å². The fraction of sp³-hybridized carbons (Fsp3) is 0.0909. The zero-order valence-electron chi connectivity index (χ0n) is 22.2. The molecule has 0 spiro atoms. The lowest BCUT2D eigenvalue weighted by Gasteiger charge is -2.20. The number of ether oxygens (including phenoxy) is 1. The van der Waals surface area contributed by atoms with E-state index in [2.05, 4.69) is 103 Å². The molecule has 206 valence electrons. The van der Waals surface area contributed by atoms with Crippen molar-refractivity contribution in [3.05, 3.63) is 155 Å². The van der Waals surface area contributed by atoms with E-state index in [9.17, 15) is 0 Å². The third-order valence-corrected chi connectivity index (χ3v) is 6.62. The van der Waals surface area contributed by atoms with Crippen molar-refractivity contribution in [2.24, 2.45) is 5.10 Å². The summed E-state index contributed by atoms with van der Waals surface area (Å²) in [6.07, 6.45) is 13.9. The number of allylic oxidation sites excluding steroid dienone is 8. The molecule has 1 unspecified atom stereocenters. The van der Waals surface area contributed by atoms with Gasteiger partial charge in [0.25, 0.3) is 0 Å². The van der Waals surface area contributed by atoms with Crippen molar-refractivity contribution in [3.8, 4) is 0 Å². The summed E-state index contributed by atoms with van der Waals surface area (Å²) in [7, 11) is -4.94. The number of nitrogens with zero attached hydrogens (tertiary/aromatic N) is 2. The standard InChI is InChI=1S/C33H27N2O.ClHO4/c1-24-21-31(26-11-5-2-6-12-26)35(34-24)30-19-17-25(18-20-30)29-22-32(27-13-7-3-8-14-27)36-33(23-29)28-15-9-4-10-16-28;2-1(3,4)5/h2-20,22-23,31H,21H2,1H3;(H,2,3,4,5)/q+1;/p-1. The molecule has 0 N–H and O–H groups in total. The van der Waals surface area contributed by atoms with Gasteiger partial charge in [-0.25, -0.2) is 18.6 Å². The lowest BCUT2D eigenvalue weighted by molar-refractivity contribution is -2.00. The van der Waals surface area contributed by atoms with Gasteiger partial charge in [-0.05, 0) is 47.5 Å². The van der Waals surface area contributed by atoms with Gasteiger partial charge in [-0.15, -0.1) is 10.2 Å². The van der Waals surface area contributed by atoms with E-state index in [-0.39, 0.29) is 6.04 Å². The molecule has 1 atom stereocenters. The van der Waals surface area contributed by atoms with Gasteiger partial charge in [0.05, 0.1) is 12.1 Å². The van der Waals surface area contributed by atoms with E-state index >= 15 is 0 Å². The summed E-state index contributed by atoms with van der Waals surface area (Å²) in [6, 6.07) is 31.4. The molecule has 41 heavy (non-hydrogen) atoms. The van der Waals surface area contributed by atoms with Gasteiger partial charge in [0, 0.05) is 28.8 Å². The highest BCUT2D eigenvalue weighted by Gasteiger charge is 2.33. The van der Waals surface area contributed by atoms with Gasteiger partial charge >= 0.3 is 0 Å². The monoisotopic (exact) mass is 566 g/mol. The minimum absolute atomic E-state index is 0.224. The summed E-state index contributed by atoms with van der Waals surface area (Å²) in [5.74, 6) is 1.69. The first-order valence-corrected chi connectivity index (χ1v) is 14.2. The molecule has 8 heteroatoms. The first-order chi connectivity index (χ1) is 19.7. The van der Waals surface area contributed by atoms with Crippen LogP contribution >= 0.6 is 0 Å². The van der Waals surface area contributed by atoms with Crippen LogP contribution in [0.3, 0.4) is 0 Å². The molecule has 2 heterocycles. The van der Waals surface area contributed by atoms with Gasteiger partial charge in [0.15, 0.2) is 0 Å². The van der Waals surface area contributed by atoms with Crippen LogP contribution in [0.1, 0.15) is 36.1 Å². The average molecular weight is 567 g/mol. The van der Waals surface area contributed by atoms with Crippen LogP contribution in [0.15, 0.2) is 144 Å². The van der Waals surface area contributed by atoms with Crippen LogP contribution in [0.4, 0.5) is 0 Å². The molecular formula is C33H27ClN2O5. The quantitative estimate of drug-likeness (QED) is 0.452. The Morgan fingerprint density at radius 3 is 1.63 bits per heavy atom. The van der Waals surface area contributed by atoms with Crippen molar-refractivity contribution in [2.75, 3.05) is 0 Å². The van der Waals surface area contributed by atoms with E-state index in [0.29, 0.717) is 0 Å². The molecule has 0 aromatic heterocycles. The highest BCUT2D eigenvalue weighted by Crippen LogP contribution is 2.34. The van der Waals surface area contributed by atoms with Crippen LogP contribution in [0, 0.1) is 10.2 Å².